The number of rotatable bonds is 14. The summed E-state index contributed by atoms with van der Waals surface area (Å²) < 4.78 is 17.7. The molecule has 0 spiro atoms. The van der Waals surface area contributed by atoms with Crippen LogP contribution < -0.4 is 14.2 Å². The Morgan fingerprint density at radius 1 is 0.830 bits per heavy atom. The Hall–Kier alpha value is -4.82. The van der Waals surface area contributed by atoms with Crippen LogP contribution in [0, 0.1) is 6.92 Å². The van der Waals surface area contributed by atoms with Gasteiger partial charge in [-0.2, -0.15) is 0 Å². The number of hydrogen-bond donors (Lipinski definition) is 0. The van der Waals surface area contributed by atoms with Crippen molar-refractivity contribution >= 4 is 36.0 Å². The standard InChI is InChI=1S/C44H46ClN3O4.ClH/c1-32(2)36-12-16-39(17-13-36)50-27-22-34-8-10-35(11-9-34)30-47-23-25-48(26-24-47)44(49)21-15-37-14-18-40(28-33(37)3)52-43-20-19-41(29-46-43)51-31-38-6-4-5-7-42(38)45;/h4-21,28-29,32H,22-27,30-31H2,1-3H3;1H/b21-15+;. The summed E-state index contributed by atoms with van der Waals surface area (Å²) in [6.45, 7) is 11.4. The maximum atomic E-state index is 13.0. The minimum Gasteiger partial charge on any atom is -0.493 e. The lowest BCUT2D eigenvalue weighted by Crippen LogP contribution is -2.47. The predicted molar refractivity (Wildman–Crippen MR) is 216 cm³/mol. The number of hydrogen-bond acceptors (Lipinski definition) is 6. The molecule has 0 bridgehead atoms. The Morgan fingerprint density at radius 3 is 2.21 bits per heavy atom. The van der Waals surface area contributed by atoms with Gasteiger partial charge in [-0.15, -0.1) is 12.4 Å². The number of piperazine rings is 1. The molecular formula is C44H47Cl2N3O4. The fraction of sp³-hybridized carbons (Fsp3) is 0.273. The highest BCUT2D eigenvalue weighted by Gasteiger charge is 2.20. The lowest BCUT2D eigenvalue weighted by Gasteiger charge is -2.34. The van der Waals surface area contributed by atoms with Gasteiger partial charge in [-0.05, 0) is 83.1 Å². The average molecular weight is 753 g/mol. The summed E-state index contributed by atoms with van der Waals surface area (Å²) in [6.07, 6.45) is 6.05. The van der Waals surface area contributed by atoms with Crippen molar-refractivity contribution in [2.45, 2.75) is 46.3 Å². The van der Waals surface area contributed by atoms with E-state index >= 15 is 0 Å². The first-order chi connectivity index (χ1) is 25.3. The van der Waals surface area contributed by atoms with E-state index in [1.165, 1.54) is 16.7 Å². The lowest BCUT2D eigenvalue weighted by atomic mass is 10.0. The van der Waals surface area contributed by atoms with Gasteiger partial charge in [0.05, 0.1) is 12.8 Å². The lowest BCUT2D eigenvalue weighted by molar-refractivity contribution is -0.127. The number of nitrogens with zero attached hydrogens (tertiary/aromatic N) is 3. The molecule has 6 rings (SSSR count). The van der Waals surface area contributed by atoms with Crippen LogP contribution in [-0.4, -0.2) is 53.5 Å². The van der Waals surface area contributed by atoms with E-state index < -0.39 is 0 Å². The smallest absolute Gasteiger partial charge is 0.246 e. The van der Waals surface area contributed by atoms with Crippen LogP contribution in [0.3, 0.4) is 0 Å². The number of aryl methyl sites for hydroxylation is 1. The molecule has 0 radical (unpaired) electrons. The van der Waals surface area contributed by atoms with Crippen LogP contribution in [-0.2, 0) is 24.4 Å². The zero-order chi connectivity index (χ0) is 36.3. The summed E-state index contributed by atoms with van der Waals surface area (Å²) in [4.78, 5) is 21.8. The third-order valence-electron chi connectivity index (χ3n) is 9.25. The van der Waals surface area contributed by atoms with E-state index in [2.05, 4.69) is 72.3 Å². The van der Waals surface area contributed by atoms with Crippen LogP contribution >= 0.6 is 24.0 Å². The second-order valence-electron chi connectivity index (χ2n) is 13.4. The van der Waals surface area contributed by atoms with Crippen LogP contribution in [0.15, 0.2) is 115 Å². The van der Waals surface area contributed by atoms with Crippen molar-refractivity contribution in [3.63, 3.8) is 0 Å². The highest BCUT2D eigenvalue weighted by atomic mass is 35.5. The Bertz CT molecular complexity index is 1940. The molecule has 5 aromatic rings. The minimum absolute atomic E-state index is 0. The SMILES string of the molecule is Cc1cc(Oc2ccc(OCc3ccccc3Cl)cn2)ccc1/C=C/C(=O)N1CCN(Cc2ccc(CCOc3ccc(C(C)C)cc3)cc2)CC1.Cl. The van der Waals surface area contributed by atoms with Crippen LogP contribution in [0.1, 0.15) is 53.1 Å². The molecule has 1 aliphatic rings. The molecule has 0 saturated carbocycles. The van der Waals surface area contributed by atoms with Crippen molar-refractivity contribution in [1.29, 1.82) is 0 Å². The molecular weight excluding hydrogens is 705 g/mol. The first-order valence-corrected chi connectivity index (χ1v) is 18.3. The predicted octanol–water partition coefficient (Wildman–Crippen LogP) is 9.94. The van der Waals surface area contributed by atoms with E-state index in [9.17, 15) is 4.79 Å². The number of halogens is 2. The van der Waals surface area contributed by atoms with Crippen LogP contribution in [0.4, 0.5) is 0 Å². The topological polar surface area (TPSA) is 64.1 Å². The molecule has 1 saturated heterocycles. The third-order valence-corrected chi connectivity index (χ3v) is 9.62. The number of aromatic nitrogens is 1. The molecule has 276 valence electrons. The van der Waals surface area contributed by atoms with Gasteiger partial charge in [-0.1, -0.05) is 86.1 Å². The number of carbonyl (C=O) groups excluding carboxylic acids is 1. The van der Waals surface area contributed by atoms with Crippen molar-refractivity contribution in [3.8, 4) is 23.1 Å². The van der Waals surface area contributed by atoms with Gasteiger partial charge in [-0.25, -0.2) is 4.98 Å². The largest absolute Gasteiger partial charge is 0.493 e. The van der Waals surface area contributed by atoms with Crippen LogP contribution in [0.2, 0.25) is 5.02 Å². The number of pyridine rings is 1. The number of carbonyl (C=O) groups is 1. The Morgan fingerprint density at radius 2 is 1.53 bits per heavy atom. The molecule has 53 heavy (non-hydrogen) atoms. The maximum absolute atomic E-state index is 13.0. The second-order valence-corrected chi connectivity index (χ2v) is 13.8. The normalized spacial score (nSPS) is 13.2. The Balaban J connectivity index is 0.00000541. The van der Waals surface area contributed by atoms with Crippen molar-refractivity contribution in [3.05, 3.63) is 154 Å². The van der Waals surface area contributed by atoms with E-state index in [4.69, 9.17) is 25.8 Å². The number of ether oxygens (including phenoxy) is 3. The zero-order valence-electron chi connectivity index (χ0n) is 30.5. The third kappa shape index (κ3) is 11.6. The molecule has 1 fully saturated rings. The first-order valence-electron chi connectivity index (χ1n) is 17.9. The second kappa shape index (κ2) is 19.3. The van der Waals surface area contributed by atoms with Crippen molar-refractivity contribution < 1.29 is 19.0 Å². The van der Waals surface area contributed by atoms with Gasteiger partial charge in [-0.3, -0.25) is 9.69 Å². The number of amides is 1. The highest BCUT2D eigenvalue weighted by molar-refractivity contribution is 6.31. The monoisotopic (exact) mass is 751 g/mol. The first kappa shape index (κ1) is 39.4. The van der Waals surface area contributed by atoms with E-state index in [1.54, 1.807) is 18.3 Å². The fourth-order valence-corrected chi connectivity index (χ4v) is 6.20. The summed E-state index contributed by atoms with van der Waals surface area (Å²) in [5.41, 5.74) is 6.74. The highest BCUT2D eigenvalue weighted by Crippen LogP contribution is 2.26. The summed E-state index contributed by atoms with van der Waals surface area (Å²) in [5, 5.41) is 0.669. The van der Waals surface area contributed by atoms with Crippen LogP contribution in [0.25, 0.3) is 6.08 Å². The summed E-state index contributed by atoms with van der Waals surface area (Å²) in [7, 11) is 0. The average Bonchev–Trinajstić information content (AvgIpc) is 3.16. The van der Waals surface area contributed by atoms with Gasteiger partial charge in [0.15, 0.2) is 0 Å². The molecule has 0 unspecified atom stereocenters. The van der Waals surface area contributed by atoms with Crippen molar-refractivity contribution in [1.82, 2.24) is 14.8 Å². The molecule has 1 aliphatic heterocycles. The Kier molecular flexibility index (Phi) is 14.4. The van der Waals surface area contributed by atoms with Gasteiger partial charge >= 0.3 is 0 Å². The summed E-state index contributed by atoms with van der Waals surface area (Å²) in [5.74, 6) is 3.22. The molecule has 1 aromatic heterocycles. The maximum Gasteiger partial charge on any atom is 0.246 e. The van der Waals surface area contributed by atoms with E-state index in [0.717, 1.165) is 48.5 Å². The fourth-order valence-electron chi connectivity index (χ4n) is 6.01. The van der Waals surface area contributed by atoms with Gasteiger partial charge in [0.2, 0.25) is 11.8 Å². The molecule has 1 amide bonds. The van der Waals surface area contributed by atoms with Gasteiger partial charge < -0.3 is 19.1 Å². The molecule has 0 N–H and O–H groups in total. The minimum atomic E-state index is 0. The van der Waals surface area contributed by atoms with E-state index in [1.807, 2.05) is 66.4 Å². The molecule has 2 heterocycles. The Labute approximate surface area is 324 Å². The molecule has 7 nitrogen and oxygen atoms in total. The summed E-state index contributed by atoms with van der Waals surface area (Å²) >= 11 is 6.22. The van der Waals surface area contributed by atoms with E-state index in [-0.39, 0.29) is 18.3 Å². The van der Waals surface area contributed by atoms with Crippen molar-refractivity contribution in [2.75, 3.05) is 32.8 Å². The van der Waals surface area contributed by atoms with Gasteiger partial charge in [0.1, 0.15) is 23.9 Å². The van der Waals surface area contributed by atoms with Crippen molar-refractivity contribution in [2.24, 2.45) is 0 Å². The van der Waals surface area contributed by atoms with Gasteiger partial charge in [0.25, 0.3) is 0 Å². The summed E-state index contributed by atoms with van der Waals surface area (Å²) in [6, 6.07) is 34.2. The van der Waals surface area contributed by atoms with E-state index in [0.29, 0.717) is 54.6 Å². The molecule has 0 aliphatic carbocycles. The zero-order valence-corrected chi connectivity index (χ0v) is 32.1. The number of benzene rings is 4. The molecule has 9 heteroatoms. The quantitative estimate of drug-likeness (QED) is 0.105. The molecule has 0 atom stereocenters. The van der Waals surface area contributed by atoms with Gasteiger partial charge in [0, 0.05) is 61.9 Å². The van der Waals surface area contributed by atoms with Crippen LogP contribution in [0.5, 0.6) is 23.1 Å². The molecule has 4 aromatic carbocycles.